The van der Waals surface area contributed by atoms with Gasteiger partial charge in [-0.1, -0.05) is 0 Å². The Balaban J connectivity index is 1.65. The van der Waals surface area contributed by atoms with Crippen molar-refractivity contribution in [1.29, 1.82) is 0 Å². The van der Waals surface area contributed by atoms with E-state index in [0.29, 0.717) is 36.8 Å². The Morgan fingerprint density at radius 3 is 2.70 bits per heavy atom. The van der Waals surface area contributed by atoms with Crippen molar-refractivity contribution < 1.29 is 13.9 Å². The van der Waals surface area contributed by atoms with Crippen LogP contribution in [0.25, 0.3) is 28.3 Å². The molecule has 5 rings (SSSR count). The first-order chi connectivity index (χ1) is 14.7. The smallest absolute Gasteiger partial charge is 0.212 e. The van der Waals surface area contributed by atoms with Gasteiger partial charge in [0.15, 0.2) is 11.5 Å². The molecule has 8 nitrogen and oxygen atoms in total. The van der Waals surface area contributed by atoms with Crippen LogP contribution in [-0.4, -0.2) is 43.8 Å². The van der Waals surface area contributed by atoms with E-state index < -0.39 is 0 Å². The highest BCUT2D eigenvalue weighted by Gasteiger charge is 2.24. The van der Waals surface area contributed by atoms with Crippen LogP contribution in [0.5, 0.6) is 0 Å². The highest BCUT2D eigenvalue weighted by molar-refractivity contribution is 5.77. The van der Waals surface area contributed by atoms with Crippen molar-refractivity contribution >= 4 is 17.9 Å². The number of amides is 1. The Morgan fingerprint density at radius 1 is 1.13 bits per heavy atom. The predicted octanol–water partition coefficient (Wildman–Crippen LogP) is 3.32. The lowest BCUT2D eigenvalue weighted by Gasteiger charge is -2.25. The van der Waals surface area contributed by atoms with E-state index in [-0.39, 0.29) is 11.9 Å². The number of rotatable bonds is 5. The van der Waals surface area contributed by atoms with Crippen LogP contribution in [-0.2, 0) is 9.53 Å². The van der Waals surface area contributed by atoms with Crippen LogP contribution < -0.4 is 5.32 Å². The molecule has 0 atom stereocenters. The Bertz CT molecular complexity index is 1190. The van der Waals surface area contributed by atoms with E-state index in [1.807, 2.05) is 18.5 Å². The second-order valence-electron chi connectivity index (χ2n) is 7.11. The van der Waals surface area contributed by atoms with Gasteiger partial charge in [-0.05, 0) is 49.2 Å². The van der Waals surface area contributed by atoms with Gasteiger partial charge >= 0.3 is 0 Å². The van der Waals surface area contributed by atoms with Crippen molar-refractivity contribution in [3.63, 3.8) is 0 Å². The van der Waals surface area contributed by atoms with Crippen LogP contribution in [0.3, 0.4) is 0 Å². The summed E-state index contributed by atoms with van der Waals surface area (Å²) in [4.78, 5) is 19.7. The molecule has 3 aromatic heterocycles. The van der Waals surface area contributed by atoms with Gasteiger partial charge < -0.3 is 14.6 Å². The van der Waals surface area contributed by atoms with Gasteiger partial charge in [0.25, 0.3) is 0 Å². The number of nitrogens with zero attached hydrogens (tertiary/aromatic N) is 5. The van der Waals surface area contributed by atoms with E-state index in [1.54, 1.807) is 22.8 Å². The lowest BCUT2D eigenvalue weighted by molar-refractivity contribution is -0.105. The summed E-state index contributed by atoms with van der Waals surface area (Å²) in [6.07, 6.45) is 5.82. The minimum Gasteiger partial charge on any atom is -0.381 e. The van der Waals surface area contributed by atoms with Crippen LogP contribution in [0, 0.1) is 5.82 Å². The summed E-state index contributed by atoms with van der Waals surface area (Å²) in [5, 5.41) is 7.25. The van der Waals surface area contributed by atoms with Gasteiger partial charge in [-0.25, -0.2) is 18.9 Å². The lowest BCUT2D eigenvalue weighted by atomic mass is 10.1. The average Bonchev–Trinajstić information content (AvgIpc) is 3.38. The molecule has 4 aromatic rings. The molecule has 152 valence electrons. The maximum absolute atomic E-state index is 13.5. The van der Waals surface area contributed by atoms with E-state index in [0.717, 1.165) is 29.8 Å². The molecule has 1 fully saturated rings. The van der Waals surface area contributed by atoms with Crippen LogP contribution in [0.1, 0.15) is 18.9 Å². The Morgan fingerprint density at radius 2 is 1.93 bits per heavy atom. The summed E-state index contributed by atoms with van der Waals surface area (Å²) < 4.78 is 22.7. The molecule has 0 aliphatic carbocycles. The van der Waals surface area contributed by atoms with Gasteiger partial charge in [0, 0.05) is 24.8 Å². The Labute approximate surface area is 171 Å². The summed E-state index contributed by atoms with van der Waals surface area (Å²) >= 11 is 0. The van der Waals surface area contributed by atoms with Crippen LogP contribution in [0.2, 0.25) is 0 Å². The van der Waals surface area contributed by atoms with Gasteiger partial charge in [0.1, 0.15) is 11.5 Å². The fraction of sp³-hybridized carbons (Fsp3) is 0.238. The molecule has 1 aromatic carbocycles. The SMILES string of the molecule is O=CNc1cn2nc(-c3c(-c4ccc(F)cc4)ncn3C3CCOCC3)ccc2n1. The molecule has 1 aliphatic rings. The van der Waals surface area contributed by atoms with Crippen LogP contribution in [0.4, 0.5) is 10.2 Å². The van der Waals surface area contributed by atoms with Crippen molar-refractivity contribution in [1.82, 2.24) is 24.1 Å². The molecule has 1 amide bonds. The number of hydrogen-bond donors (Lipinski definition) is 1. The number of imidazole rings is 2. The van der Waals surface area contributed by atoms with Crippen molar-refractivity contribution in [2.75, 3.05) is 18.5 Å². The predicted molar refractivity (Wildman–Crippen MR) is 108 cm³/mol. The molecule has 0 radical (unpaired) electrons. The van der Waals surface area contributed by atoms with E-state index in [9.17, 15) is 9.18 Å². The van der Waals surface area contributed by atoms with Gasteiger partial charge in [0.05, 0.1) is 23.9 Å². The standard InChI is InChI=1S/C21H19FN6O2/c22-15-3-1-14(2-4-15)20-21(27(12-23-20)16-7-9-30-10-8-16)17-5-6-19-25-18(24-13-29)11-28(19)26-17/h1-6,11-13,16H,7-10H2,(H,24,29). The maximum Gasteiger partial charge on any atom is 0.212 e. The Kier molecular flexibility index (Phi) is 4.72. The van der Waals surface area contributed by atoms with E-state index in [4.69, 9.17) is 9.84 Å². The first kappa shape index (κ1) is 18.4. The van der Waals surface area contributed by atoms with Crippen molar-refractivity contribution in [3.8, 4) is 22.6 Å². The molecule has 30 heavy (non-hydrogen) atoms. The van der Waals surface area contributed by atoms with Crippen LogP contribution >= 0.6 is 0 Å². The molecule has 9 heteroatoms. The monoisotopic (exact) mass is 406 g/mol. The third-order valence-electron chi connectivity index (χ3n) is 5.27. The number of aromatic nitrogens is 5. The van der Waals surface area contributed by atoms with E-state index in [2.05, 4.69) is 19.9 Å². The summed E-state index contributed by atoms with van der Waals surface area (Å²) in [5.41, 5.74) is 3.73. The molecule has 4 heterocycles. The molecule has 0 unspecified atom stereocenters. The largest absolute Gasteiger partial charge is 0.381 e. The maximum atomic E-state index is 13.5. The third-order valence-corrected chi connectivity index (χ3v) is 5.27. The minimum absolute atomic E-state index is 0.239. The first-order valence-electron chi connectivity index (χ1n) is 9.70. The van der Waals surface area contributed by atoms with Crippen molar-refractivity contribution in [2.24, 2.45) is 0 Å². The quantitative estimate of drug-likeness (QED) is 0.514. The fourth-order valence-corrected chi connectivity index (χ4v) is 3.81. The van der Waals surface area contributed by atoms with E-state index in [1.165, 1.54) is 12.1 Å². The number of nitrogens with one attached hydrogen (secondary N) is 1. The minimum atomic E-state index is -0.294. The number of benzene rings is 1. The summed E-state index contributed by atoms with van der Waals surface area (Å²) in [6, 6.07) is 10.3. The van der Waals surface area contributed by atoms with Gasteiger partial charge in [0.2, 0.25) is 6.41 Å². The number of carbonyl (C=O) groups excluding carboxylic acids is 1. The lowest BCUT2D eigenvalue weighted by Crippen LogP contribution is -2.20. The van der Waals surface area contributed by atoms with Crippen molar-refractivity contribution in [3.05, 3.63) is 54.7 Å². The first-order valence-corrected chi connectivity index (χ1v) is 9.70. The number of anilines is 1. The van der Waals surface area contributed by atoms with Crippen molar-refractivity contribution in [2.45, 2.75) is 18.9 Å². The highest BCUT2D eigenvalue weighted by Crippen LogP contribution is 2.35. The molecular weight excluding hydrogens is 387 g/mol. The third kappa shape index (κ3) is 3.33. The normalized spacial score (nSPS) is 14.8. The molecule has 1 N–H and O–H groups in total. The Hall–Kier alpha value is -3.59. The fourth-order valence-electron chi connectivity index (χ4n) is 3.81. The van der Waals surface area contributed by atoms with Gasteiger partial charge in [-0.15, -0.1) is 0 Å². The number of hydrogen-bond acceptors (Lipinski definition) is 5. The zero-order valence-corrected chi connectivity index (χ0v) is 16.0. The number of carbonyl (C=O) groups is 1. The van der Waals surface area contributed by atoms with E-state index >= 15 is 0 Å². The molecule has 1 aliphatic heterocycles. The zero-order chi connectivity index (χ0) is 20.5. The molecular formula is C21H19FN6O2. The second kappa shape index (κ2) is 7.68. The number of fused-ring (bicyclic) bond motifs is 1. The molecule has 1 saturated heterocycles. The van der Waals surface area contributed by atoms with Crippen LogP contribution in [0.15, 0.2) is 48.9 Å². The molecule has 0 spiro atoms. The topological polar surface area (TPSA) is 86.3 Å². The molecule has 0 bridgehead atoms. The summed E-state index contributed by atoms with van der Waals surface area (Å²) in [7, 11) is 0. The average molecular weight is 406 g/mol. The zero-order valence-electron chi connectivity index (χ0n) is 16.0. The summed E-state index contributed by atoms with van der Waals surface area (Å²) in [5.74, 6) is 0.128. The highest BCUT2D eigenvalue weighted by atomic mass is 19.1. The second-order valence-corrected chi connectivity index (χ2v) is 7.11. The van der Waals surface area contributed by atoms with Gasteiger partial charge in [-0.3, -0.25) is 4.79 Å². The number of halogens is 1. The molecule has 0 saturated carbocycles. The van der Waals surface area contributed by atoms with Gasteiger partial charge in [-0.2, -0.15) is 5.10 Å². The number of ether oxygens (including phenoxy) is 1. The summed E-state index contributed by atoms with van der Waals surface area (Å²) in [6.45, 7) is 1.39.